The Morgan fingerprint density at radius 3 is 2.00 bits per heavy atom. The first-order valence-electron chi connectivity index (χ1n) is 7.48. The van der Waals surface area contributed by atoms with Gasteiger partial charge in [-0.2, -0.15) is 5.26 Å². The summed E-state index contributed by atoms with van der Waals surface area (Å²) in [6, 6.07) is 10.4. The quantitative estimate of drug-likeness (QED) is 0.721. The summed E-state index contributed by atoms with van der Waals surface area (Å²) in [5.41, 5.74) is 1.07. The van der Waals surface area contributed by atoms with Crippen molar-refractivity contribution in [3.05, 3.63) is 47.0 Å². The Labute approximate surface area is 146 Å². The largest absolute Gasteiger partial charge is 0.497 e. The minimum Gasteiger partial charge on any atom is -0.497 e. The molecule has 0 unspecified atom stereocenters. The van der Waals surface area contributed by atoms with Crippen LogP contribution in [-0.2, 0) is 6.42 Å². The van der Waals surface area contributed by atoms with Crippen LogP contribution in [-0.4, -0.2) is 34.2 Å². The molecule has 0 amide bonds. The SMILES string of the molecule is COc1cc(CC#N)c(C(=O)c2c(OC)cccc2OC)c(OC)c1. The molecule has 0 saturated heterocycles. The number of ketones is 1. The predicted octanol–water partition coefficient (Wildman–Crippen LogP) is 3.02. The lowest BCUT2D eigenvalue weighted by Gasteiger charge is -2.17. The highest BCUT2D eigenvalue weighted by Gasteiger charge is 2.26. The molecule has 0 bridgehead atoms. The predicted molar refractivity (Wildman–Crippen MR) is 91.8 cm³/mol. The molecule has 0 aliphatic rings. The van der Waals surface area contributed by atoms with Gasteiger partial charge < -0.3 is 18.9 Å². The second-order valence-corrected chi connectivity index (χ2v) is 5.07. The summed E-state index contributed by atoms with van der Waals surface area (Å²) < 4.78 is 21.2. The number of carbonyl (C=O) groups excluding carboxylic acids is 1. The molecule has 0 aliphatic heterocycles. The van der Waals surface area contributed by atoms with Crippen LogP contribution < -0.4 is 18.9 Å². The van der Waals surface area contributed by atoms with Crippen molar-refractivity contribution in [3.63, 3.8) is 0 Å². The summed E-state index contributed by atoms with van der Waals surface area (Å²) in [7, 11) is 5.93. The molecule has 0 heterocycles. The van der Waals surface area contributed by atoms with E-state index < -0.39 is 0 Å². The van der Waals surface area contributed by atoms with E-state index in [2.05, 4.69) is 6.07 Å². The highest BCUT2D eigenvalue weighted by atomic mass is 16.5. The number of benzene rings is 2. The van der Waals surface area contributed by atoms with Gasteiger partial charge in [0.2, 0.25) is 5.78 Å². The molecule has 0 fully saturated rings. The first-order valence-corrected chi connectivity index (χ1v) is 7.48. The summed E-state index contributed by atoms with van der Waals surface area (Å²) in [5, 5.41) is 9.13. The van der Waals surface area contributed by atoms with Gasteiger partial charge >= 0.3 is 0 Å². The lowest BCUT2D eigenvalue weighted by molar-refractivity contribution is 0.102. The van der Waals surface area contributed by atoms with Gasteiger partial charge in [-0.1, -0.05) is 6.07 Å². The number of nitrogens with zero attached hydrogens (tertiary/aromatic N) is 1. The minimum absolute atomic E-state index is 0.0338. The molecule has 0 spiro atoms. The summed E-state index contributed by atoms with van der Waals surface area (Å²) in [6.45, 7) is 0. The maximum Gasteiger partial charge on any atom is 0.204 e. The maximum atomic E-state index is 13.3. The Kier molecular flexibility index (Phi) is 5.85. The maximum absolute atomic E-state index is 13.3. The number of methoxy groups -OCH3 is 4. The van der Waals surface area contributed by atoms with Crippen molar-refractivity contribution in [1.82, 2.24) is 0 Å². The van der Waals surface area contributed by atoms with Gasteiger partial charge in [-0.25, -0.2) is 0 Å². The normalized spacial score (nSPS) is 9.88. The molecule has 0 atom stereocenters. The van der Waals surface area contributed by atoms with E-state index in [0.717, 1.165) is 0 Å². The van der Waals surface area contributed by atoms with E-state index in [4.69, 9.17) is 24.2 Å². The number of ether oxygens (including phenoxy) is 4. The zero-order chi connectivity index (χ0) is 18.4. The van der Waals surface area contributed by atoms with Crippen LogP contribution in [0.15, 0.2) is 30.3 Å². The number of hydrogen-bond acceptors (Lipinski definition) is 6. The topological polar surface area (TPSA) is 77.8 Å². The fourth-order valence-corrected chi connectivity index (χ4v) is 2.61. The molecule has 0 aromatic heterocycles. The highest BCUT2D eigenvalue weighted by molar-refractivity contribution is 6.15. The van der Waals surface area contributed by atoms with E-state index in [1.54, 1.807) is 30.3 Å². The Morgan fingerprint density at radius 2 is 1.52 bits per heavy atom. The molecule has 130 valence electrons. The van der Waals surface area contributed by atoms with Gasteiger partial charge in [0.05, 0.1) is 46.5 Å². The second kappa shape index (κ2) is 8.06. The molecular formula is C19H19NO5. The van der Waals surface area contributed by atoms with Gasteiger partial charge in [0.25, 0.3) is 0 Å². The van der Waals surface area contributed by atoms with Crippen LogP contribution in [0.1, 0.15) is 21.5 Å². The fourth-order valence-electron chi connectivity index (χ4n) is 2.61. The van der Waals surface area contributed by atoms with Gasteiger partial charge in [0, 0.05) is 6.07 Å². The van der Waals surface area contributed by atoms with Crippen molar-refractivity contribution in [2.45, 2.75) is 6.42 Å². The molecule has 25 heavy (non-hydrogen) atoms. The van der Waals surface area contributed by atoms with Crippen molar-refractivity contribution in [1.29, 1.82) is 5.26 Å². The number of hydrogen-bond donors (Lipinski definition) is 0. The van der Waals surface area contributed by atoms with Crippen LogP contribution in [0.25, 0.3) is 0 Å². The van der Waals surface area contributed by atoms with Crippen molar-refractivity contribution in [2.75, 3.05) is 28.4 Å². The number of nitriles is 1. The summed E-state index contributed by atoms with van der Waals surface area (Å²) in [4.78, 5) is 13.3. The van der Waals surface area contributed by atoms with Crippen molar-refractivity contribution < 1.29 is 23.7 Å². The lowest BCUT2D eigenvalue weighted by Crippen LogP contribution is -2.11. The van der Waals surface area contributed by atoms with E-state index in [-0.39, 0.29) is 23.3 Å². The molecular weight excluding hydrogens is 322 g/mol. The minimum atomic E-state index is -0.348. The molecule has 6 nitrogen and oxygen atoms in total. The van der Waals surface area contributed by atoms with E-state index in [1.165, 1.54) is 28.4 Å². The van der Waals surface area contributed by atoms with Crippen LogP contribution in [0.2, 0.25) is 0 Å². The average Bonchev–Trinajstić information content (AvgIpc) is 2.66. The molecule has 2 rings (SSSR count). The van der Waals surface area contributed by atoms with Crippen LogP contribution in [0.3, 0.4) is 0 Å². The summed E-state index contributed by atoms with van der Waals surface area (Å²) in [5.74, 6) is 1.24. The lowest BCUT2D eigenvalue weighted by atomic mass is 9.94. The Bertz CT molecular complexity index is 801. The van der Waals surface area contributed by atoms with Crippen LogP contribution in [0.4, 0.5) is 0 Å². The second-order valence-electron chi connectivity index (χ2n) is 5.07. The van der Waals surface area contributed by atoms with Crippen LogP contribution >= 0.6 is 0 Å². The molecule has 2 aromatic rings. The van der Waals surface area contributed by atoms with E-state index in [9.17, 15) is 4.79 Å². The zero-order valence-electron chi connectivity index (χ0n) is 14.6. The van der Waals surface area contributed by atoms with Crippen LogP contribution in [0, 0.1) is 11.3 Å². The Morgan fingerprint density at radius 1 is 0.920 bits per heavy atom. The first-order chi connectivity index (χ1) is 12.1. The smallest absolute Gasteiger partial charge is 0.204 e. The third-order valence-electron chi connectivity index (χ3n) is 3.76. The Balaban J connectivity index is 2.74. The van der Waals surface area contributed by atoms with Gasteiger partial charge in [-0.3, -0.25) is 4.79 Å². The molecule has 2 aromatic carbocycles. The molecule has 0 saturated carbocycles. The van der Waals surface area contributed by atoms with Crippen molar-refractivity contribution in [3.8, 4) is 29.1 Å². The van der Waals surface area contributed by atoms with Gasteiger partial charge in [-0.05, 0) is 23.8 Å². The van der Waals surface area contributed by atoms with Gasteiger partial charge in [0.1, 0.15) is 28.6 Å². The molecule has 0 N–H and O–H groups in total. The third-order valence-corrected chi connectivity index (χ3v) is 3.76. The average molecular weight is 341 g/mol. The summed E-state index contributed by atoms with van der Waals surface area (Å²) >= 11 is 0. The number of rotatable bonds is 7. The van der Waals surface area contributed by atoms with Crippen LogP contribution in [0.5, 0.6) is 23.0 Å². The zero-order valence-corrected chi connectivity index (χ0v) is 14.6. The van der Waals surface area contributed by atoms with Crippen molar-refractivity contribution >= 4 is 5.78 Å². The Hall–Kier alpha value is -3.20. The third kappa shape index (κ3) is 3.50. The van der Waals surface area contributed by atoms with Crippen molar-refractivity contribution in [2.24, 2.45) is 0 Å². The first kappa shape index (κ1) is 18.1. The number of carbonyl (C=O) groups is 1. The molecule has 0 aliphatic carbocycles. The van der Waals surface area contributed by atoms with Gasteiger partial charge in [-0.15, -0.1) is 0 Å². The summed E-state index contributed by atoms with van der Waals surface area (Å²) in [6.07, 6.45) is 0.0338. The van der Waals surface area contributed by atoms with E-state index in [1.807, 2.05) is 0 Å². The molecule has 6 heteroatoms. The van der Waals surface area contributed by atoms with E-state index >= 15 is 0 Å². The standard InChI is InChI=1S/C19H19NO5/c1-22-13-10-12(8-9-20)17(16(11-13)25-4)19(21)18-14(23-2)6-5-7-15(18)24-3/h5-7,10-11H,8H2,1-4H3. The van der Waals surface area contributed by atoms with Gasteiger partial charge in [0.15, 0.2) is 0 Å². The monoisotopic (exact) mass is 341 g/mol. The highest BCUT2D eigenvalue weighted by Crippen LogP contribution is 2.36. The van der Waals surface area contributed by atoms with E-state index in [0.29, 0.717) is 28.6 Å². The molecule has 0 radical (unpaired) electrons. The fraction of sp³-hybridized carbons (Fsp3) is 0.263.